The Bertz CT molecular complexity index is 575. The first kappa shape index (κ1) is 16.2. The molecule has 1 aromatic carbocycles. The van der Waals surface area contributed by atoms with Gasteiger partial charge in [0.15, 0.2) is 0 Å². The minimum atomic E-state index is 0.0132. The molecule has 1 atom stereocenters. The minimum absolute atomic E-state index is 0.0132. The molecule has 1 heterocycles. The number of aliphatic hydroxyl groups excluding tert-OH is 1. The molecule has 2 aromatic rings. The van der Waals surface area contributed by atoms with Crippen molar-refractivity contribution < 1.29 is 9.84 Å². The van der Waals surface area contributed by atoms with Crippen molar-refractivity contribution in [1.29, 1.82) is 0 Å². The van der Waals surface area contributed by atoms with E-state index in [2.05, 4.69) is 20.6 Å². The first-order chi connectivity index (χ1) is 10.7. The fourth-order valence-corrected chi connectivity index (χ4v) is 2.11. The Morgan fingerprint density at radius 2 is 1.91 bits per heavy atom. The van der Waals surface area contributed by atoms with Crippen LogP contribution < -0.4 is 15.4 Å². The maximum Gasteiger partial charge on any atom is 0.149 e. The average molecular weight is 302 g/mol. The molecule has 3 N–H and O–H groups in total. The number of nitrogens with zero attached hydrogens (tertiary/aromatic N) is 2. The van der Waals surface area contributed by atoms with Gasteiger partial charge in [0.25, 0.3) is 0 Å². The van der Waals surface area contributed by atoms with Gasteiger partial charge in [-0.05, 0) is 24.6 Å². The highest BCUT2D eigenvalue weighted by molar-refractivity contribution is 5.42. The largest absolute Gasteiger partial charge is 0.497 e. The lowest BCUT2D eigenvalue weighted by Gasteiger charge is -2.16. The molecule has 6 heteroatoms. The van der Waals surface area contributed by atoms with Gasteiger partial charge >= 0.3 is 0 Å². The molecule has 0 saturated heterocycles. The molecule has 0 aliphatic rings. The van der Waals surface area contributed by atoms with Crippen molar-refractivity contribution in [3.8, 4) is 5.75 Å². The van der Waals surface area contributed by atoms with E-state index in [-0.39, 0.29) is 12.6 Å². The van der Waals surface area contributed by atoms with E-state index in [1.807, 2.05) is 31.2 Å². The van der Waals surface area contributed by atoms with Crippen LogP contribution in [0.5, 0.6) is 5.75 Å². The summed E-state index contributed by atoms with van der Waals surface area (Å²) in [5, 5.41) is 15.4. The molecule has 0 radical (unpaired) electrons. The summed E-state index contributed by atoms with van der Waals surface area (Å²) in [5.41, 5.74) is 1.97. The van der Waals surface area contributed by atoms with Crippen LogP contribution in [0.3, 0.4) is 0 Å². The lowest BCUT2D eigenvalue weighted by atomic mass is 10.2. The Kier molecular flexibility index (Phi) is 6.12. The molecule has 0 aliphatic heterocycles. The van der Waals surface area contributed by atoms with E-state index in [1.54, 1.807) is 19.5 Å². The van der Waals surface area contributed by atoms with Crippen LogP contribution in [0.2, 0.25) is 0 Å². The quantitative estimate of drug-likeness (QED) is 0.689. The van der Waals surface area contributed by atoms with E-state index in [4.69, 9.17) is 9.84 Å². The number of aromatic nitrogens is 2. The smallest absolute Gasteiger partial charge is 0.149 e. The highest BCUT2D eigenvalue weighted by atomic mass is 16.5. The summed E-state index contributed by atoms with van der Waals surface area (Å²) in [5.74, 6) is 1.59. The molecule has 1 aromatic heterocycles. The molecule has 0 aliphatic carbocycles. The summed E-state index contributed by atoms with van der Waals surface area (Å²) >= 11 is 0. The van der Waals surface area contributed by atoms with E-state index in [0.717, 1.165) is 22.8 Å². The van der Waals surface area contributed by atoms with Crippen LogP contribution in [0, 0.1) is 0 Å². The summed E-state index contributed by atoms with van der Waals surface area (Å²) in [6.07, 6.45) is 3.34. The average Bonchev–Trinajstić information content (AvgIpc) is 2.58. The van der Waals surface area contributed by atoms with Crippen LogP contribution in [0.25, 0.3) is 0 Å². The number of hydrogen-bond donors (Lipinski definition) is 3. The van der Waals surface area contributed by atoms with Gasteiger partial charge in [0.1, 0.15) is 11.6 Å². The van der Waals surface area contributed by atoms with Gasteiger partial charge in [0.2, 0.25) is 0 Å². The van der Waals surface area contributed by atoms with E-state index in [9.17, 15) is 0 Å². The second-order valence-electron chi connectivity index (χ2n) is 4.89. The topological polar surface area (TPSA) is 79.3 Å². The van der Waals surface area contributed by atoms with Crippen LogP contribution in [0.4, 0.5) is 5.82 Å². The van der Waals surface area contributed by atoms with Gasteiger partial charge in [-0.2, -0.15) is 0 Å². The first-order valence-corrected chi connectivity index (χ1v) is 7.26. The number of nitrogens with one attached hydrogen (secondary N) is 2. The monoisotopic (exact) mass is 302 g/mol. The van der Waals surface area contributed by atoms with Gasteiger partial charge in [-0.25, -0.2) is 4.98 Å². The summed E-state index contributed by atoms with van der Waals surface area (Å²) in [6, 6.07) is 7.89. The normalized spacial score (nSPS) is 12.0. The van der Waals surface area contributed by atoms with E-state index >= 15 is 0 Å². The molecule has 0 amide bonds. The molecule has 0 saturated carbocycles. The maximum absolute atomic E-state index is 8.90. The molecule has 0 fully saturated rings. The summed E-state index contributed by atoms with van der Waals surface area (Å²) in [7, 11) is 1.65. The predicted octanol–water partition coefficient (Wildman–Crippen LogP) is 1.74. The van der Waals surface area contributed by atoms with E-state index in [0.29, 0.717) is 13.1 Å². The van der Waals surface area contributed by atoms with Gasteiger partial charge in [0.05, 0.1) is 25.5 Å². The highest BCUT2D eigenvalue weighted by Gasteiger charge is 2.12. The molecule has 6 nitrogen and oxygen atoms in total. The third-order valence-electron chi connectivity index (χ3n) is 3.32. The van der Waals surface area contributed by atoms with Gasteiger partial charge in [-0.1, -0.05) is 12.1 Å². The Hall–Kier alpha value is -2.18. The van der Waals surface area contributed by atoms with Crippen LogP contribution in [0.1, 0.15) is 24.2 Å². The zero-order valence-corrected chi connectivity index (χ0v) is 12.9. The van der Waals surface area contributed by atoms with Crippen LogP contribution in [-0.4, -0.2) is 35.3 Å². The molecule has 0 bridgehead atoms. The van der Waals surface area contributed by atoms with Crippen LogP contribution in [0.15, 0.2) is 36.7 Å². The van der Waals surface area contributed by atoms with Crippen molar-refractivity contribution >= 4 is 5.82 Å². The van der Waals surface area contributed by atoms with Crippen molar-refractivity contribution in [2.45, 2.75) is 19.5 Å². The summed E-state index contributed by atoms with van der Waals surface area (Å²) < 4.78 is 5.15. The zero-order chi connectivity index (χ0) is 15.8. The Labute approximate surface area is 130 Å². The molecule has 22 heavy (non-hydrogen) atoms. The molecule has 0 spiro atoms. The Morgan fingerprint density at radius 1 is 1.18 bits per heavy atom. The third kappa shape index (κ3) is 4.41. The third-order valence-corrected chi connectivity index (χ3v) is 3.32. The number of hydrogen-bond acceptors (Lipinski definition) is 6. The molecule has 0 unspecified atom stereocenters. The second-order valence-corrected chi connectivity index (χ2v) is 4.89. The fraction of sp³-hybridized carbons (Fsp3) is 0.375. The van der Waals surface area contributed by atoms with Gasteiger partial charge in [-0.3, -0.25) is 4.98 Å². The number of methoxy groups -OCH3 is 1. The van der Waals surface area contributed by atoms with Crippen molar-refractivity contribution in [1.82, 2.24) is 15.3 Å². The number of benzene rings is 1. The number of anilines is 1. The van der Waals surface area contributed by atoms with Crippen molar-refractivity contribution in [2.75, 3.05) is 25.6 Å². The lowest BCUT2D eigenvalue weighted by Crippen LogP contribution is -2.24. The first-order valence-electron chi connectivity index (χ1n) is 7.26. The van der Waals surface area contributed by atoms with Crippen molar-refractivity contribution in [3.63, 3.8) is 0 Å². The fourth-order valence-electron chi connectivity index (χ4n) is 2.11. The maximum atomic E-state index is 8.90. The summed E-state index contributed by atoms with van der Waals surface area (Å²) in [6.45, 7) is 3.27. The second kappa shape index (κ2) is 8.31. The predicted molar refractivity (Wildman–Crippen MR) is 85.9 cm³/mol. The Balaban J connectivity index is 2.02. The van der Waals surface area contributed by atoms with Gasteiger partial charge < -0.3 is 20.5 Å². The van der Waals surface area contributed by atoms with Crippen molar-refractivity contribution in [3.05, 3.63) is 47.9 Å². The van der Waals surface area contributed by atoms with Crippen molar-refractivity contribution in [2.24, 2.45) is 0 Å². The molecular weight excluding hydrogens is 280 g/mol. The number of aliphatic hydroxyl groups is 1. The van der Waals surface area contributed by atoms with Crippen LogP contribution >= 0.6 is 0 Å². The van der Waals surface area contributed by atoms with Gasteiger partial charge in [0, 0.05) is 25.5 Å². The minimum Gasteiger partial charge on any atom is -0.497 e. The molecule has 118 valence electrons. The molecule has 2 rings (SSSR count). The highest BCUT2D eigenvalue weighted by Crippen LogP contribution is 2.18. The zero-order valence-electron chi connectivity index (χ0n) is 12.9. The van der Waals surface area contributed by atoms with E-state index in [1.165, 1.54) is 0 Å². The number of rotatable bonds is 8. The standard InChI is InChI=1S/C16H22N4O2/c1-12(17-9-10-21)15-16(19-8-7-18-15)20-11-13-3-5-14(22-2)6-4-13/h3-8,12,17,21H,9-11H2,1-2H3,(H,19,20)/t12-/m1/s1. The number of ether oxygens (including phenoxy) is 1. The summed E-state index contributed by atoms with van der Waals surface area (Å²) in [4.78, 5) is 8.74. The molecular formula is C16H22N4O2. The Morgan fingerprint density at radius 3 is 2.59 bits per heavy atom. The lowest BCUT2D eigenvalue weighted by molar-refractivity contribution is 0.286. The van der Waals surface area contributed by atoms with Crippen LogP contribution in [-0.2, 0) is 6.54 Å². The van der Waals surface area contributed by atoms with E-state index < -0.39 is 0 Å². The van der Waals surface area contributed by atoms with Gasteiger partial charge in [-0.15, -0.1) is 0 Å². The SMILES string of the molecule is COc1ccc(CNc2nccnc2[C@@H](C)NCCO)cc1.